The lowest BCUT2D eigenvalue weighted by atomic mass is 9.65. The fourth-order valence-corrected chi connectivity index (χ4v) is 9.17. The molecule has 0 aliphatic heterocycles. The van der Waals surface area contributed by atoms with Gasteiger partial charge in [0.15, 0.2) is 11.0 Å². The monoisotopic (exact) mass is 749 g/mol. The Balaban J connectivity index is 1.27. The first-order valence-electron chi connectivity index (χ1n) is 20.1. The molecule has 58 heavy (non-hydrogen) atoms. The van der Waals surface area contributed by atoms with Crippen LogP contribution >= 0.6 is 0 Å². The number of aryl methyl sites for hydroxylation is 1. The summed E-state index contributed by atoms with van der Waals surface area (Å²) in [7, 11) is 0. The summed E-state index contributed by atoms with van der Waals surface area (Å²) >= 11 is 0. The minimum absolute atomic E-state index is 0.0948. The van der Waals surface area contributed by atoms with Crippen molar-refractivity contribution >= 4 is 32.8 Å². The van der Waals surface area contributed by atoms with Crippen molar-refractivity contribution in [3.8, 4) is 22.6 Å². The maximum absolute atomic E-state index is 5.05. The third-order valence-corrected chi connectivity index (χ3v) is 11.9. The van der Waals surface area contributed by atoms with Crippen LogP contribution in [0.2, 0.25) is 0 Å². The zero-order valence-corrected chi connectivity index (χ0v) is 33.3. The average molecular weight is 750 g/mol. The largest absolute Gasteiger partial charge is 0.294 e. The molecule has 0 unspecified atom stereocenters. The van der Waals surface area contributed by atoms with Crippen LogP contribution in [0.5, 0.6) is 0 Å². The lowest BCUT2D eigenvalue weighted by Crippen LogP contribution is -2.49. The van der Waals surface area contributed by atoms with Crippen LogP contribution in [-0.2, 0) is 11.0 Å². The highest BCUT2D eigenvalue weighted by Gasteiger charge is 2.39. The van der Waals surface area contributed by atoms with Gasteiger partial charge in [-0.2, -0.15) is 4.57 Å². The first kappa shape index (κ1) is 35.4. The standard InChI is InChI=1S/C54H45N4/c1-38-18-11-12-25-45(38)39-32-33-55-52(34-39)58-48-27-14-13-26-46(48)47-31-30-43(36-51(47)58)54(40-19-7-5-8-20-40,41-21-9-6-10-22-41)42-23-17-24-44(35-42)56-37-57(53(2,3)4)50-29-16-15-28-49(50)56/h5-37H,1-4H3/q+1. The fraction of sp³-hybridized carbons (Fsp3) is 0.111. The Morgan fingerprint density at radius 3 is 1.86 bits per heavy atom. The molecule has 0 saturated heterocycles. The molecule has 0 atom stereocenters. The van der Waals surface area contributed by atoms with E-state index in [2.05, 4.69) is 236 Å². The Bertz CT molecular complexity index is 3070. The molecule has 3 heterocycles. The van der Waals surface area contributed by atoms with Gasteiger partial charge in [0.25, 0.3) is 0 Å². The second kappa shape index (κ2) is 13.9. The van der Waals surface area contributed by atoms with Gasteiger partial charge in [0, 0.05) is 17.0 Å². The van der Waals surface area contributed by atoms with Gasteiger partial charge in [-0.25, -0.2) is 9.55 Å². The van der Waals surface area contributed by atoms with Crippen LogP contribution in [0.15, 0.2) is 201 Å². The number of nitrogens with zero attached hydrogens (tertiary/aromatic N) is 4. The van der Waals surface area contributed by atoms with Crippen molar-refractivity contribution in [3.63, 3.8) is 0 Å². The topological polar surface area (TPSA) is 26.6 Å². The predicted molar refractivity (Wildman–Crippen MR) is 239 cm³/mol. The molecule has 10 aromatic rings. The minimum Gasteiger partial charge on any atom is -0.294 e. The molecule has 280 valence electrons. The molecule has 0 spiro atoms. The van der Waals surface area contributed by atoms with Crippen LogP contribution in [0.3, 0.4) is 0 Å². The molecule has 0 bridgehead atoms. The number of hydrogen-bond donors (Lipinski definition) is 0. The number of hydrogen-bond acceptors (Lipinski definition) is 1. The summed E-state index contributed by atoms with van der Waals surface area (Å²) in [6.07, 6.45) is 4.21. The number of fused-ring (bicyclic) bond motifs is 4. The number of benzene rings is 7. The van der Waals surface area contributed by atoms with Gasteiger partial charge in [-0.3, -0.25) is 4.57 Å². The third kappa shape index (κ3) is 5.67. The highest BCUT2D eigenvalue weighted by Crippen LogP contribution is 2.47. The number of aromatic nitrogens is 4. The van der Waals surface area contributed by atoms with Crippen LogP contribution in [-0.4, -0.2) is 14.1 Å². The highest BCUT2D eigenvalue weighted by molar-refractivity contribution is 6.09. The number of pyridine rings is 1. The van der Waals surface area contributed by atoms with Gasteiger partial charge in [0.1, 0.15) is 17.0 Å². The van der Waals surface area contributed by atoms with Crippen LogP contribution in [0.1, 0.15) is 48.6 Å². The molecule has 7 aromatic carbocycles. The zero-order chi connectivity index (χ0) is 39.4. The molecule has 0 saturated carbocycles. The first-order chi connectivity index (χ1) is 28.3. The third-order valence-electron chi connectivity index (χ3n) is 11.9. The predicted octanol–water partition coefficient (Wildman–Crippen LogP) is 12.5. The minimum atomic E-state index is -0.673. The summed E-state index contributed by atoms with van der Waals surface area (Å²) in [6, 6.07) is 68.6. The molecule has 0 amide bonds. The summed E-state index contributed by atoms with van der Waals surface area (Å²) in [6.45, 7) is 8.96. The summed E-state index contributed by atoms with van der Waals surface area (Å²) in [5.74, 6) is 0.891. The summed E-state index contributed by atoms with van der Waals surface area (Å²) in [5.41, 5.74) is 13.3. The summed E-state index contributed by atoms with van der Waals surface area (Å²) in [5, 5.41) is 2.39. The van der Waals surface area contributed by atoms with Crippen molar-refractivity contribution in [3.05, 3.63) is 228 Å². The van der Waals surface area contributed by atoms with Gasteiger partial charge in [-0.15, -0.1) is 0 Å². The Labute approximate surface area is 339 Å². The molecule has 4 heteroatoms. The zero-order valence-electron chi connectivity index (χ0n) is 33.3. The summed E-state index contributed by atoms with van der Waals surface area (Å²) in [4.78, 5) is 5.05. The first-order valence-corrected chi connectivity index (χ1v) is 20.1. The van der Waals surface area contributed by atoms with E-state index in [1.165, 1.54) is 55.2 Å². The Hall–Kier alpha value is -7.04. The molecule has 4 nitrogen and oxygen atoms in total. The molecule has 0 N–H and O–H groups in total. The maximum Gasteiger partial charge on any atom is 0.250 e. The molecular formula is C54H45N4+. The van der Waals surface area contributed by atoms with Crippen LogP contribution in [0.4, 0.5) is 0 Å². The highest BCUT2D eigenvalue weighted by atomic mass is 15.2. The van der Waals surface area contributed by atoms with E-state index in [-0.39, 0.29) is 5.54 Å². The van der Waals surface area contributed by atoms with Crippen molar-refractivity contribution in [2.75, 3.05) is 0 Å². The van der Waals surface area contributed by atoms with Gasteiger partial charge < -0.3 is 0 Å². The van der Waals surface area contributed by atoms with E-state index in [1.54, 1.807) is 0 Å². The van der Waals surface area contributed by atoms with Crippen molar-refractivity contribution in [2.24, 2.45) is 0 Å². The fourth-order valence-electron chi connectivity index (χ4n) is 9.17. The van der Waals surface area contributed by atoms with E-state index in [4.69, 9.17) is 4.98 Å². The Morgan fingerprint density at radius 2 is 1.12 bits per heavy atom. The molecule has 0 radical (unpaired) electrons. The van der Waals surface area contributed by atoms with E-state index >= 15 is 0 Å². The van der Waals surface area contributed by atoms with E-state index in [0.29, 0.717) is 0 Å². The average Bonchev–Trinajstić information content (AvgIpc) is 3.82. The number of rotatable bonds is 7. The van der Waals surface area contributed by atoms with Gasteiger partial charge >= 0.3 is 0 Å². The van der Waals surface area contributed by atoms with Gasteiger partial charge in [-0.1, -0.05) is 140 Å². The van der Waals surface area contributed by atoms with Crippen molar-refractivity contribution in [1.29, 1.82) is 0 Å². The molecule has 10 rings (SSSR count). The van der Waals surface area contributed by atoms with E-state index in [0.717, 1.165) is 28.1 Å². The molecule has 3 aromatic heterocycles. The normalized spacial score (nSPS) is 12.1. The molecular weight excluding hydrogens is 705 g/mol. The quantitative estimate of drug-likeness (QED) is 0.118. The Kier molecular flexibility index (Phi) is 8.45. The van der Waals surface area contributed by atoms with Crippen LogP contribution in [0.25, 0.3) is 55.5 Å². The van der Waals surface area contributed by atoms with Gasteiger partial charge in [-0.05, 0) is 115 Å². The van der Waals surface area contributed by atoms with Crippen LogP contribution < -0.4 is 4.57 Å². The smallest absolute Gasteiger partial charge is 0.250 e. The molecule has 0 aliphatic rings. The molecule has 0 fully saturated rings. The van der Waals surface area contributed by atoms with Gasteiger partial charge in [0.2, 0.25) is 6.33 Å². The van der Waals surface area contributed by atoms with E-state index in [1.807, 2.05) is 6.20 Å². The lowest BCUT2D eigenvalue weighted by molar-refractivity contribution is -0.731. The SMILES string of the molecule is Cc1ccccc1-c1ccnc(-n2c3ccccc3c3ccc(C(c4ccccc4)(c4ccccc4)c4cccc(-n5c[n+](C(C)(C)C)c6ccccc65)c4)cc32)c1. The number of imidazole rings is 1. The van der Waals surface area contributed by atoms with E-state index < -0.39 is 5.41 Å². The second-order valence-electron chi connectivity index (χ2n) is 16.3. The van der Waals surface area contributed by atoms with E-state index in [9.17, 15) is 0 Å². The van der Waals surface area contributed by atoms with Crippen molar-refractivity contribution in [2.45, 2.75) is 38.6 Å². The Morgan fingerprint density at radius 1 is 0.500 bits per heavy atom. The maximum atomic E-state index is 5.05. The second-order valence-corrected chi connectivity index (χ2v) is 16.3. The van der Waals surface area contributed by atoms with Crippen molar-refractivity contribution < 1.29 is 4.57 Å². The van der Waals surface area contributed by atoms with Crippen molar-refractivity contribution in [1.82, 2.24) is 14.1 Å². The molecule has 0 aliphatic carbocycles. The lowest BCUT2D eigenvalue weighted by Gasteiger charge is -2.37. The van der Waals surface area contributed by atoms with Crippen LogP contribution in [0, 0.1) is 6.92 Å². The summed E-state index contributed by atoms with van der Waals surface area (Å²) < 4.78 is 7.08. The number of para-hydroxylation sites is 3. The van der Waals surface area contributed by atoms with Gasteiger partial charge in [0.05, 0.1) is 16.4 Å².